The molecule has 0 saturated carbocycles. The van der Waals surface area contributed by atoms with Crippen LogP contribution in [-0.2, 0) is 13.1 Å². The van der Waals surface area contributed by atoms with Gasteiger partial charge in [-0.3, -0.25) is 4.79 Å². The first-order chi connectivity index (χ1) is 9.31. The minimum Gasteiger partial charge on any atom is -0.493 e. The van der Waals surface area contributed by atoms with E-state index in [-0.39, 0.29) is 5.56 Å². The van der Waals surface area contributed by atoms with Crippen molar-refractivity contribution in [3.8, 4) is 5.75 Å². The van der Waals surface area contributed by atoms with E-state index >= 15 is 0 Å². The molecule has 0 amide bonds. The third-order valence-corrected chi connectivity index (χ3v) is 2.75. The number of rotatable bonds is 6. The Morgan fingerprint density at radius 3 is 2.84 bits per heavy atom. The lowest BCUT2D eigenvalue weighted by atomic mass is 10.2. The number of para-hydroxylation sites is 1. The highest BCUT2D eigenvalue weighted by molar-refractivity contribution is 5.32. The average Bonchev–Trinajstić information content (AvgIpc) is 2.45. The molecule has 2 rings (SSSR count). The lowest BCUT2D eigenvalue weighted by Crippen LogP contribution is -2.22. The molecule has 5 nitrogen and oxygen atoms in total. The van der Waals surface area contributed by atoms with Crippen molar-refractivity contribution in [3.63, 3.8) is 0 Å². The summed E-state index contributed by atoms with van der Waals surface area (Å²) in [6.45, 7) is 1.53. The van der Waals surface area contributed by atoms with Gasteiger partial charge >= 0.3 is 0 Å². The van der Waals surface area contributed by atoms with Gasteiger partial charge in [-0.15, -0.1) is 0 Å². The van der Waals surface area contributed by atoms with Gasteiger partial charge in [0.2, 0.25) is 0 Å². The summed E-state index contributed by atoms with van der Waals surface area (Å²) in [5.74, 6) is 0.804. The van der Waals surface area contributed by atoms with E-state index in [1.807, 2.05) is 24.3 Å². The van der Waals surface area contributed by atoms with Crippen molar-refractivity contribution in [2.75, 3.05) is 6.61 Å². The van der Waals surface area contributed by atoms with E-state index < -0.39 is 0 Å². The summed E-state index contributed by atoms with van der Waals surface area (Å²) >= 11 is 0. The SMILES string of the molecule is NCc1ccccc1OCCCn1ncccc1=O. The first-order valence-electron chi connectivity index (χ1n) is 6.24. The minimum absolute atomic E-state index is 0.0927. The summed E-state index contributed by atoms with van der Waals surface area (Å²) in [6.07, 6.45) is 2.32. The molecule has 0 radical (unpaired) electrons. The topological polar surface area (TPSA) is 70.1 Å². The average molecular weight is 259 g/mol. The molecule has 0 aliphatic rings. The highest BCUT2D eigenvalue weighted by atomic mass is 16.5. The highest BCUT2D eigenvalue weighted by Crippen LogP contribution is 2.17. The second kappa shape index (κ2) is 6.70. The largest absolute Gasteiger partial charge is 0.493 e. The summed E-state index contributed by atoms with van der Waals surface area (Å²) in [5.41, 5.74) is 6.52. The zero-order valence-corrected chi connectivity index (χ0v) is 10.7. The Hall–Kier alpha value is -2.14. The molecule has 5 heteroatoms. The Bertz CT molecular complexity index is 581. The molecule has 0 fully saturated rings. The van der Waals surface area contributed by atoms with Crippen molar-refractivity contribution in [1.82, 2.24) is 9.78 Å². The van der Waals surface area contributed by atoms with Crippen molar-refractivity contribution in [1.29, 1.82) is 0 Å². The predicted octanol–water partition coefficient (Wildman–Crippen LogP) is 1.17. The maximum Gasteiger partial charge on any atom is 0.266 e. The van der Waals surface area contributed by atoms with E-state index in [9.17, 15) is 4.79 Å². The number of nitrogens with two attached hydrogens (primary N) is 1. The standard InChI is InChI=1S/C14H17N3O2/c15-11-12-5-1-2-6-13(12)19-10-4-9-17-14(18)7-3-8-16-17/h1-3,5-8H,4,9-11,15H2. The second-order valence-electron chi connectivity index (χ2n) is 4.10. The molecule has 0 saturated heterocycles. The Labute approximate surface area is 111 Å². The summed E-state index contributed by atoms with van der Waals surface area (Å²) in [4.78, 5) is 11.4. The predicted molar refractivity (Wildman–Crippen MR) is 72.9 cm³/mol. The van der Waals surface area contributed by atoms with Gasteiger partial charge in [0.05, 0.1) is 6.61 Å². The van der Waals surface area contributed by atoms with Gasteiger partial charge in [-0.1, -0.05) is 18.2 Å². The van der Waals surface area contributed by atoms with Crippen LogP contribution in [0.2, 0.25) is 0 Å². The fourth-order valence-corrected chi connectivity index (χ4v) is 1.76. The number of benzene rings is 1. The quantitative estimate of drug-likeness (QED) is 0.791. The van der Waals surface area contributed by atoms with Gasteiger partial charge in [-0.2, -0.15) is 5.10 Å². The van der Waals surface area contributed by atoms with Crippen molar-refractivity contribution in [2.45, 2.75) is 19.5 Å². The van der Waals surface area contributed by atoms with E-state index in [1.165, 1.54) is 10.7 Å². The van der Waals surface area contributed by atoms with Crippen molar-refractivity contribution >= 4 is 0 Å². The van der Waals surface area contributed by atoms with E-state index in [4.69, 9.17) is 10.5 Å². The molecule has 0 aliphatic heterocycles. The van der Waals surface area contributed by atoms with Crippen LogP contribution >= 0.6 is 0 Å². The maximum atomic E-state index is 11.4. The number of aromatic nitrogens is 2. The monoisotopic (exact) mass is 259 g/mol. The molecule has 1 aromatic carbocycles. The minimum atomic E-state index is -0.0927. The molecule has 0 aliphatic carbocycles. The third kappa shape index (κ3) is 3.66. The van der Waals surface area contributed by atoms with Crippen LogP contribution in [0.25, 0.3) is 0 Å². The first-order valence-corrected chi connectivity index (χ1v) is 6.24. The van der Waals surface area contributed by atoms with Crippen molar-refractivity contribution in [3.05, 3.63) is 58.5 Å². The molecule has 0 spiro atoms. The molecule has 2 N–H and O–H groups in total. The molecule has 0 atom stereocenters. The van der Waals surface area contributed by atoms with Gasteiger partial charge in [0.1, 0.15) is 5.75 Å². The molecule has 2 aromatic rings. The fourth-order valence-electron chi connectivity index (χ4n) is 1.76. The van der Waals surface area contributed by atoms with Crippen molar-refractivity contribution < 1.29 is 4.74 Å². The number of hydrogen-bond acceptors (Lipinski definition) is 4. The van der Waals surface area contributed by atoms with Crippen molar-refractivity contribution in [2.24, 2.45) is 5.73 Å². The zero-order valence-electron chi connectivity index (χ0n) is 10.7. The summed E-state index contributed by atoms with van der Waals surface area (Å²) in [7, 11) is 0. The number of aryl methyl sites for hydroxylation is 1. The molecule has 0 bridgehead atoms. The maximum absolute atomic E-state index is 11.4. The van der Waals surface area contributed by atoms with Gasteiger partial charge in [0.15, 0.2) is 0 Å². The smallest absolute Gasteiger partial charge is 0.266 e. The lowest BCUT2D eigenvalue weighted by molar-refractivity contribution is 0.294. The van der Waals surface area contributed by atoms with Crippen LogP contribution in [0.3, 0.4) is 0 Å². The molecule has 19 heavy (non-hydrogen) atoms. The third-order valence-electron chi connectivity index (χ3n) is 2.75. The van der Waals surface area contributed by atoms with Crippen LogP contribution < -0.4 is 16.0 Å². The van der Waals surface area contributed by atoms with Gasteiger partial charge in [0, 0.05) is 37.3 Å². The van der Waals surface area contributed by atoms with Gasteiger partial charge < -0.3 is 10.5 Å². The van der Waals surface area contributed by atoms with Crippen LogP contribution in [0.4, 0.5) is 0 Å². The number of hydrogen-bond donors (Lipinski definition) is 1. The highest BCUT2D eigenvalue weighted by Gasteiger charge is 2.01. The molecule has 1 aromatic heterocycles. The number of ether oxygens (including phenoxy) is 1. The Kier molecular flexibility index (Phi) is 4.69. The summed E-state index contributed by atoms with van der Waals surface area (Å²) in [5, 5.41) is 3.99. The molecular formula is C14H17N3O2. The van der Waals surface area contributed by atoms with Crippen LogP contribution in [0, 0.1) is 0 Å². The van der Waals surface area contributed by atoms with Gasteiger partial charge in [-0.25, -0.2) is 4.68 Å². The van der Waals surface area contributed by atoms with Gasteiger partial charge in [0.25, 0.3) is 5.56 Å². The van der Waals surface area contributed by atoms with Crippen LogP contribution in [0.5, 0.6) is 5.75 Å². The van der Waals surface area contributed by atoms with Gasteiger partial charge in [-0.05, 0) is 12.1 Å². The summed E-state index contributed by atoms with van der Waals surface area (Å²) < 4.78 is 7.10. The van der Waals surface area contributed by atoms with E-state index in [0.29, 0.717) is 19.7 Å². The van der Waals surface area contributed by atoms with E-state index in [2.05, 4.69) is 5.10 Å². The second-order valence-corrected chi connectivity index (χ2v) is 4.10. The van der Waals surface area contributed by atoms with E-state index in [0.717, 1.165) is 17.7 Å². The van der Waals surface area contributed by atoms with E-state index in [1.54, 1.807) is 12.3 Å². The first kappa shape index (κ1) is 13.3. The Balaban J connectivity index is 1.84. The van der Waals surface area contributed by atoms with Crippen LogP contribution in [-0.4, -0.2) is 16.4 Å². The molecule has 1 heterocycles. The van der Waals surface area contributed by atoms with Crippen LogP contribution in [0.1, 0.15) is 12.0 Å². The molecular weight excluding hydrogens is 242 g/mol. The molecule has 0 unspecified atom stereocenters. The fraction of sp³-hybridized carbons (Fsp3) is 0.286. The normalized spacial score (nSPS) is 10.4. The lowest BCUT2D eigenvalue weighted by Gasteiger charge is -2.10. The number of nitrogens with zero attached hydrogens (tertiary/aromatic N) is 2. The zero-order chi connectivity index (χ0) is 13.5. The molecule has 100 valence electrons. The Morgan fingerprint density at radius 2 is 2.05 bits per heavy atom. The summed E-state index contributed by atoms with van der Waals surface area (Å²) in [6, 6.07) is 10.8. The van der Waals surface area contributed by atoms with Crippen LogP contribution in [0.15, 0.2) is 47.4 Å². The Morgan fingerprint density at radius 1 is 1.21 bits per heavy atom.